The maximum Gasteiger partial charge on any atom is 0.341 e. The summed E-state index contributed by atoms with van der Waals surface area (Å²) in [6.45, 7) is 5.12. The van der Waals surface area contributed by atoms with Gasteiger partial charge in [0.2, 0.25) is 0 Å². The Balaban J connectivity index is 0.00000320. The predicted octanol–water partition coefficient (Wildman–Crippen LogP) is 3.38. The Bertz CT molecular complexity index is 1030. The third-order valence-electron chi connectivity index (χ3n) is 4.81. The number of ether oxygens (including phenoxy) is 1. The highest BCUT2D eigenvalue weighted by molar-refractivity contribution is 7.91. The molecule has 1 amide bonds. The second-order valence-corrected chi connectivity index (χ2v) is 10.2. The van der Waals surface area contributed by atoms with Crippen molar-refractivity contribution in [1.82, 2.24) is 4.90 Å². The highest BCUT2D eigenvalue weighted by Gasteiger charge is 2.28. The average molecular weight is 473 g/mol. The first-order valence-electron chi connectivity index (χ1n) is 9.41. The molecule has 30 heavy (non-hydrogen) atoms. The lowest BCUT2D eigenvalue weighted by molar-refractivity contribution is 0.0526. The van der Waals surface area contributed by atoms with E-state index in [4.69, 9.17) is 4.74 Å². The lowest BCUT2D eigenvalue weighted by Crippen LogP contribution is -2.26. The molecule has 0 atom stereocenters. The van der Waals surface area contributed by atoms with Crippen molar-refractivity contribution in [3.8, 4) is 0 Å². The number of fused-ring (bicyclic) bond motifs is 1. The van der Waals surface area contributed by atoms with Gasteiger partial charge in [0.05, 0.1) is 22.8 Å². The molecule has 2 aromatic rings. The molecule has 1 aromatic carbocycles. The Kier molecular flexibility index (Phi) is 8.04. The molecule has 0 aliphatic carbocycles. The Morgan fingerprint density at radius 2 is 1.87 bits per heavy atom. The van der Waals surface area contributed by atoms with Gasteiger partial charge >= 0.3 is 5.97 Å². The normalized spacial score (nSPS) is 13.8. The van der Waals surface area contributed by atoms with E-state index < -0.39 is 21.7 Å². The Labute approximate surface area is 186 Å². The molecule has 10 heteroatoms. The summed E-state index contributed by atoms with van der Waals surface area (Å²) in [6, 6.07) is 5.80. The zero-order valence-corrected chi connectivity index (χ0v) is 19.5. The van der Waals surface area contributed by atoms with Crippen LogP contribution in [0.5, 0.6) is 0 Å². The first-order valence-corrected chi connectivity index (χ1v) is 11.9. The molecule has 3 rings (SSSR count). The second kappa shape index (κ2) is 9.91. The van der Waals surface area contributed by atoms with Gasteiger partial charge in [-0.1, -0.05) is 6.92 Å². The van der Waals surface area contributed by atoms with Gasteiger partial charge in [0.1, 0.15) is 5.00 Å². The number of carbonyl (C=O) groups is 2. The van der Waals surface area contributed by atoms with Crippen molar-refractivity contribution in [2.45, 2.75) is 31.7 Å². The molecule has 7 nitrogen and oxygen atoms in total. The third-order valence-corrected chi connectivity index (χ3v) is 7.69. The molecule has 164 valence electrons. The molecule has 1 N–H and O–H groups in total. The first kappa shape index (κ1) is 24.3. The topological polar surface area (TPSA) is 92.8 Å². The minimum atomic E-state index is -3.33. The van der Waals surface area contributed by atoms with E-state index in [1.54, 1.807) is 13.8 Å². The van der Waals surface area contributed by atoms with E-state index in [2.05, 4.69) is 10.2 Å². The number of carbonyl (C=O) groups excluding carboxylic acids is 2. The van der Waals surface area contributed by atoms with Gasteiger partial charge in [-0.25, -0.2) is 13.2 Å². The molecular formula is C20H25ClN2O5S2. The molecule has 0 saturated carbocycles. The van der Waals surface area contributed by atoms with Crippen LogP contribution < -0.4 is 5.32 Å². The molecule has 2 heterocycles. The van der Waals surface area contributed by atoms with E-state index >= 15 is 0 Å². The number of sulfone groups is 1. The van der Waals surface area contributed by atoms with E-state index in [1.165, 1.54) is 35.6 Å². The lowest BCUT2D eigenvalue weighted by Gasteiger charge is -2.22. The first-order chi connectivity index (χ1) is 13.8. The van der Waals surface area contributed by atoms with Crippen LogP contribution >= 0.6 is 23.7 Å². The third kappa shape index (κ3) is 5.03. The maximum atomic E-state index is 12.7. The minimum Gasteiger partial charge on any atom is -0.462 e. The number of hydrogen-bond acceptors (Lipinski definition) is 7. The molecule has 1 aliphatic rings. The molecule has 0 bridgehead atoms. The van der Waals surface area contributed by atoms with Gasteiger partial charge in [0.15, 0.2) is 9.84 Å². The number of anilines is 1. The van der Waals surface area contributed by atoms with Crippen LogP contribution in [0.4, 0.5) is 5.00 Å². The monoisotopic (exact) mass is 472 g/mol. The van der Waals surface area contributed by atoms with Gasteiger partial charge in [-0.15, -0.1) is 23.7 Å². The number of thiophene rings is 1. The molecule has 0 radical (unpaired) electrons. The van der Waals surface area contributed by atoms with Gasteiger partial charge in [0, 0.05) is 23.5 Å². The Morgan fingerprint density at radius 3 is 2.47 bits per heavy atom. The van der Waals surface area contributed by atoms with Crippen LogP contribution in [0.2, 0.25) is 0 Å². The number of nitrogens with one attached hydrogen (secondary N) is 1. The highest BCUT2D eigenvalue weighted by atomic mass is 35.5. The van der Waals surface area contributed by atoms with Crippen molar-refractivity contribution in [2.75, 3.05) is 31.3 Å². The van der Waals surface area contributed by atoms with Gasteiger partial charge in [-0.05, 0) is 50.2 Å². The molecule has 1 aliphatic heterocycles. The average Bonchev–Trinajstić information content (AvgIpc) is 3.05. The summed E-state index contributed by atoms with van der Waals surface area (Å²) < 4.78 is 29.1. The van der Waals surface area contributed by atoms with E-state index in [0.717, 1.165) is 23.4 Å². The fourth-order valence-corrected chi connectivity index (χ4v) is 5.39. The van der Waals surface area contributed by atoms with Crippen LogP contribution in [0.15, 0.2) is 29.2 Å². The van der Waals surface area contributed by atoms with Crippen molar-refractivity contribution < 1.29 is 22.7 Å². The van der Waals surface area contributed by atoms with Gasteiger partial charge in [0.25, 0.3) is 5.91 Å². The van der Waals surface area contributed by atoms with Crippen LogP contribution in [0, 0.1) is 0 Å². The number of esters is 1. The molecule has 0 unspecified atom stereocenters. The van der Waals surface area contributed by atoms with E-state index in [9.17, 15) is 18.0 Å². The van der Waals surface area contributed by atoms with Crippen LogP contribution in [0.1, 0.15) is 45.0 Å². The smallest absolute Gasteiger partial charge is 0.341 e. The Morgan fingerprint density at radius 1 is 1.20 bits per heavy atom. The second-order valence-electron chi connectivity index (χ2n) is 6.80. The van der Waals surface area contributed by atoms with Crippen molar-refractivity contribution in [3.05, 3.63) is 45.8 Å². The molecule has 0 fully saturated rings. The van der Waals surface area contributed by atoms with Crippen molar-refractivity contribution >= 4 is 50.5 Å². The lowest BCUT2D eigenvalue weighted by atomic mass is 10.0. The summed E-state index contributed by atoms with van der Waals surface area (Å²) in [5.41, 5.74) is 1.68. The van der Waals surface area contributed by atoms with Crippen LogP contribution in [-0.4, -0.2) is 51.1 Å². The van der Waals surface area contributed by atoms with E-state index in [1.807, 2.05) is 7.05 Å². The number of hydrogen-bond donors (Lipinski definition) is 1. The van der Waals surface area contributed by atoms with Crippen LogP contribution in [0.3, 0.4) is 0 Å². The number of benzene rings is 1. The summed E-state index contributed by atoms with van der Waals surface area (Å²) in [7, 11) is -1.32. The molecular weight excluding hydrogens is 448 g/mol. The fraction of sp³-hybridized carbons (Fsp3) is 0.400. The molecule has 1 aromatic heterocycles. The highest BCUT2D eigenvalue weighted by Crippen LogP contribution is 2.37. The van der Waals surface area contributed by atoms with Crippen molar-refractivity contribution in [3.63, 3.8) is 0 Å². The van der Waals surface area contributed by atoms with Crippen molar-refractivity contribution in [2.24, 2.45) is 0 Å². The number of likely N-dealkylation sites (N-methyl/N-ethyl adjacent to an activating group) is 1. The van der Waals surface area contributed by atoms with Crippen LogP contribution in [-0.2, 0) is 27.5 Å². The zero-order valence-electron chi connectivity index (χ0n) is 17.1. The quantitative estimate of drug-likeness (QED) is 0.648. The molecule has 0 saturated heterocycles. The fourth-order valence-electron chi connectivity index (χ4n) is 3.19. The number of rotatable bonds is 6. The molecule has 0 spiro atoms. The van der Waals surface area contributed by atoms with Crippen LogP contribution in [0.25, 0.3) is 0 Å². The van der Waals surface area contributed by atoms with E-state index in [0.29, 0.717) is 22.7 Å². The largest absolute Gasteiger partial charge is 0.462 e. The number of halogens is 1. The Hall–Kier alpha value is -1.94. The van der Waals surface area contributed by atoms with Gasteiger partial charge in [-0.3, -0.25) is 4.79 Å². The van der Waals surface area contributed by atoms with Crippen molar-refractivity contribution in [1.29, 1.82) is 0 Å². The summed E-state index contributed by atoms with van der Waals surface area (Å²) >= 11 is 1.38. The summed E-state index contributed by atoms with van der Waals surface area (Å²) in [5.74, 6) is -0.839. The van der Waals surface area contributed by atoms with Gasteiger partial charge < -0.3 is 15.0 Å². The number of nitrogens with zero attached hydrogens (tertiary/aromatic N) is 1. The number of amides is 1. The zero-order chi connectivity index (χ0) is 21.2. The van der Waals surface area contributed by atoms with E-state index in [-0.39, 0.29) is 29.7 Å². The summed E-state index contributed by atoms with van der Waals surface area (Å²) in [6.07, 6.45) is 0.718. The standard InChI is InChI=1S/C20H24N2O5S2.ClH/c1-4-27-20(24)17-15-10-11-22(3)12-16(15)28-19(17)21-18(23)13-6-8-14(9-7-13)29(25,26)5-2;/h6-9H,4-5,10-12H2,1-3H3,(H,21,23);1H. The maximum absolute atomic E-state index is 12.7. The van der Waals surface area contributed by atoms with Gasteiger partial charge in [-0.2, -0.15) is 0 Å². The summed E-state index contributed by atoms with van der Waals surface area (Å²) in [4.78, 5) is 28.7. The summed E-state index contributed by atoms with van der Waals surface area (Å²) in [5, 5.41) is 3.29. The predicted molar refractivity (Wildman–Crippen MR) is 120 cm³/mol. The minimum absolute atomic E-state index is 0. The SMILES string of the molecule is CCOC(=O)c1c(NC(=O)c2ccc(S(=O)(=O)CC)cc2)sc2c1CCN(C)C2.Cl.